The summed E-state index contributed by atoms with van der Waals surface area (Å²) in [4.78, 5) is 0. The molecule has 0 aliphatic rings. The third-order valence-corrected chi connectivity index (χ3v) is 1.79. The molecule has 0 bridgehead atoms. The molecule has 1 aromatic carbocycles. The van der Waals surface area contributed by atoms with Crippen molar-refractivity contribution in [1.29, 1.82) is 0 Å². The second-order valence-electron chi connectivity index (χ2n) is 3.81. The Bertz CT molecular complexity index is 269. The highest BCUT2D eigenvalue weighted by molar-refractivity contribution is 5.31. The molecule has 1 rings (SSSR count). The van der Waals surface area contributed by atoms with Crippen LogP contribution in [0, 0.1) is 5.92 Å². The number of benzene rings is 1. The smallest absolute Gasteiger partial charge is 0.119 e. The molecule has 0 aliphatic carbocycles. The average molecular weight is 209 g/mol. The largest absolute Gasteiger partial charge is 0.493 e. The molecule has 3 heteroatoms. The van der Waals surface area contributed by atoms with Gasteiger partial charge in [0.25, 0.3) is 0 Å². The fourth-order valence-corrected chi connectivity index (χ4v) is 1.07. The monoisotopic (exact) mass is 209 g/mol. The molecular weight excluding hydrogens is 190 g/mol. The number of rotatable bonds is 6. The van der Waals surface area contributed by atoms with Crippen molar-refractivity contribution < 1.29 is 9.47 Å². The van der Waals surface area contributed by atoms with E-state index in [0.717, 1.165) is 18.1 Å². The Hall–Kier alpha value is -1.22. The van der Waals surface area contributed by atoms with Crippen molar-refractivity contribution in [3.8, 4) is 11.5 Å². The SMILES string of the molecule is CC(C)COc1ccc(OCCN)cc1. The highest BCUT2D eigenvalue weighted by Crippen LogP contribution is 2.17. The Morgan fingerprint density at radius 3 is 2.07 bits per heavy atom. The second-order valence-corrected chi connectivity index (χ2v) is 3.81. The first-order valence-corrected chi connectivity index (χ1v) is 5.28. The number of ether oxygens (including phenoxy) is 2. The predicted molar refractivity (Wildman–Crippen MR) is 61.3 cm³/mol. The molecule has 84 valence electrons. The highest BCUT2D eigenvalue weighted by Gasteiger charge is 1.97. The van der Waals surface area contributed by atoms with Crippen molar-refractivity contribution in [2.24, 2.45) is 11.7 Å². The Labute approximate surface area is 91.2 Å². The predicted octanol–water partition coefficient (Wildman–Crippen LogP) is 2.06. The Morgan fingerprint density at radius 1 is 1.07 bits per heavy atom. The van der Waals surface area contributed by atoms with E-state index in [1.54, 1.807) is 0 Å². The minimum Gasteiger partial charge on any atom is -0.493 e. The summed E-state index contributed by atoms with van der Waals surface area (Å²) in [6.45, 7) is 6.07. The van der Waals surface area contributed by atoms with Gasteiger partial charge in [-0.15, -0.1) is 0 Å². The Balaban J connectivity index is 2.41. The van der Waals surface area contributed by atoms with Crippen LogP contribution in [0.5, 0.6) is 11.5 Å². The lowest BCUT2D eigenvalue weighted by Gasteiger charge is -2.09. The molecule has 1 aromatic rings. The zero-order chi connectivity index (χ0) is 11.1. The fraction of sp³-hybridized carbons (Fsp3) is 0.500. The van der Waals surface area contributed by atoms with Crippen LogP contribution in [-0.4, -0.2) is 19.8 Å². The molecule has 0 fully saturated rings. The third-order valence-electron chi connectivity index (χ3n) is 1.79. The van der Waals surface area contributed by atoms with Gasteiger partial charge < -0.3 is 15.2 Å². The second kappa shape index (κ2) is 6.30. The van der Waals surface area contributed by atoms with E-state index >= 15 is 0 Å². The first-order valence-electron chi connectivity index (χ1n) is 5.28. The molecule has 0 saturated carbocycles. The molecule has 0 radical (unpaired) electrons. The molecule has 0 aromatic heterocycles. The van der Waals surface area contributed by atoms with Gasteiger partial charge in [-0.2, -0.15) is 0 Å². The molecule has 0 unspecified atom stereocenters. The van der Waals surface area contributed by atoms with E-state index < -0.39 is 0 Å². The van der Waals surface area contributed by atoms with E-state index in [9.17, 15) is 0 Å². The van der Waals surface area contributed by atoms with Crippen LogP contribution < -0.4 is 15.2 Å². The maximum absolute atomic E-state index is 5.55. The van der Waals surface area contributed by atoms with Gasteiger partial charge in [-0.3, -0.25) is 0 Å². The summed E-state index contributed by atoms with van der Waals surface area (Å²) < 4.78 is 10.9. The summed E-state index contributed by atoms with van der Waals surface area (Å²) in [6, 6.07) is 7.61. The van der Waals surface area contributed by atoms with E-state index in [2.05, 4.69) is 13.8 Å². The third kappa shape index (κ3) is 4.70. The maximum atomic E-state index is 5.55. The molecule has 2 N–H and O–H groups in total. The van der Waals surface area contributed by atoms with Crippen LogP contribution in [0.1, 0.15) is 13.8 Å². The van der Waals surface area contributed by atoms with Crippen molar-refractivity contribution in [2.45, 2.75) is 13.8 Å². The van der Waals surface area contributed by atoms with Crippen molar-refractivity contribution in [1.82, 2.24) is 0 Å². The van der Waals surface area contributed by atoms with Crippen LogP contribution in [0.4, 0.5) is 0 Å². The van der Waals surface area contributed by atoms with Crippen molar-refractivity contribution in [2.75, 3.05) is 19.8 Å². The summed E-state index contributed by atoms with van der Waals surface area (Å²) in [6.07, 6.45) is 0. The maximum Gasteiger partial charge on any atom is 0.119 e. The van der Waals surface area contributed by atoms with Crippen molar-refractivity contribution in [3.05, 3.63) is 24.3 Å². The topological polar surface area (TPSA) is 44.5 Å². The van der Waals surface area contributed by atoms with Crippen LogP contribution in [0.25, 0.3) is 0 Å². The average Bonchev–Trinajstić information content (AvgIpc) is 2.25. The minimum atomic E-state index is 0.533. The molecule has 0 amide bonds. The minimum absolute atomic E-state index is 0.533. The van der Waals surface area contributed by atoms with Gasteiger partial charge in [-0.1, -0.05) is 13.8 Å². The lowest BCUT2D eigenvalue weighted by atomic mass is 10.2. The number of nitrogens with two attached hydrogens (primary N) is 1. The quantitative estimate of drug-likeness (QED) is 0.780. The fourth-order valence-electron chi connectivity index (χ4n) is 1.07. The van der Waals surface area contributed by atoms with E-state index in [-0.39, 0.29) is 0 Å². The first kappa shape index (κ1) is 11.9. The molecule has 0 aliphatic heterocycles. The molecule has 0 heterocycles. The molecule has 0 spiro atoms. The number of hydrogen-bond donors (Lipinski definition) is 1. The molecule has 15 heavy (non-hydrogen) atoms. The van der Waals surface area contributed by atoms with Crippen LogP contribution in [0.3, 0.4) is 0 Å². The van der Waals surface area contributed by atoms with E-state index in [1.165, 1.54) is 0 Å². The van der Waals surface area contributed by atoms with Crippen molar-refractivity contribution in [3.63, 3.8) is 0 Å². The number of hydrogen-bond acceptors (Lipinski definition) is 3. The van der Waals surface area contributed by atoms with Crippen LogP contribution in [-0.2, 0) is 0 Å². The van der Waals surface area contributed by atoms with E-state index in [1.807, 2.05) is 24.3 Å². The van der Waals surface area contributed by atoms with Gasteiger partial charge in [-0.05, 0) is 30.2 Å². The zero-order valence-electron chi connectivity index (χ0n) is 9.40. The summed E-state index contributed by atoms with van der Waals surface area (Å²) in [5.74, 6) is 2.25. The Morgan fingerprint density at radius 2 is 1.60 bits per heavy atom. The first-order chi connectivity index (χ1) is 7.22. The van der Waals surface area contributed by atoms with E-state index in [0.29, 0.717) is 19.1 Å². The van der Waals surface area contributed by atoms with Crippen LogP contribution >= 0.6 is 0 Å². The van der Waals surface area contributed by atoms with Crippen molar-refractivity contribution >= 4 is 0 Å². The van der Waals surface area contributed by atoms with Gasteiger partial charge in [0.2, 0.25) is 0 Å². The molecular formula is C12H19NO2. The summed E-state index contributed by atoms with van der Waals surface area (Å²) >= 11 is 0. The van der Waals surface area contributed by atoms with Gasteiger partial charge in [0.1, 0.15) is 18.1 Å². The standard InChI is InChI=1S/C12H19NO2/c1-10(2)9-15-12-5-3-11(4-6-12)14-8-7-13/h3-6,10H,7-9,13H2,1-2H3. The normalized spacial score (nSPS) is 10.4. The summed E-state index contributed by atoms with van der Waals surface area (Å²) in [7, 11) is 0. The zero-order valence-corrected chi connectivity index (χ0v) is 9.40. The molecule has 3 nitrogen and oxygen atoms in total. The Kier molecular flexibility index (Phi) is 4.98. The lowest BCUT2D eigenvalue weighted by Crippen LogP contribution is -2.10. The summed E-state index contributed by atoms with van der Waals surface area (Å²) in [5, 5.41) is 0. The summed E-state index contributed by atoms with van der Waals surface area (Å²) in [5.41, 5.74) is 5.34. The van der Waals surface area contributed by atoms with Gasteiger partial charge >= 0.3 is 0 Å². The highest BCUT2D eigenvalue weighted by atomic mass is 16.5. The van der Waals surface area contributed by atoms with E-state index in [4.69, 9.17) is 15.2 Å². The van der Waals surface area contributed by atoms with Gasteiger partial charge in [-0.25, -0.2) is 0 Å². The van der Waals surface area contributed by atoms with Gasteiger partial charge in [0, 0.05) is 6.54 Å². The van der Waals surface area contributed by atoms with Gasteiger partial charge in [0.15, 0.2) is 0 Å². The van der Waals surface area contributed by atoms with Crippen LogP contribution in [0.2, 0.25) is 0 Å². The van der Waals surface area contributed by atoms with Crippen LogP contribution in [0.15, 0.2) is 24.3 Å². The molecule has 0 saturated heterocycles. The van der Waals surface area contributed by atoms with Gasteiger partial charge in [0.05, 0.1) is 6.61 Å². The lowest BCUT2D eigenvalue weighted by molar-refractivity contribution is 0.270. The molecule has 0 atom stereocenters.